The molecule has 3 aliphatic rings. The van der Waals surface area contributed by atoms with Gasteiger partial charge >= 0.3 is 24.3 Å². The molecule has 1 aromatic carbocycles. The van der Waals surface area contributed by atoms with Gasteiger partial charge in [-0.05, 0) is 94.1 Å². The zero-order valence-corrected chi connectivity index (χ0v) is 23.2. The van der Waals surface area contributed by atoms with Crippen LogP contribution in [0.4, 0.5) is 26.3 Å². The van der Waals surface area contributed by atoms with E-state index in [1.165, 1.54) is 82.9 Å². The number of carbonyl (C=O) groups is 3. The smallest absolute Gasteiger partial charge is 0.475 e. The van der Waals surface area contributed by atoms with Gasteiger partial charge in [0.15, 0.2) is 0 Å². The van der Waals surface area contributed by atoms with Gasteiger partial charge in [-0.2, -0.15) is 26.3 Å². The number of alkyl halides is 6. The van der Waals surface area contributed by atoms with Gasteiger partial charge in [0.1, 0.15) is 0 Å². The molecule has 1 aliphatic carbocycles. The van der Waals surface area contributed by atoms with Gasteiger partial charge in [0.05, 0.1) is 0 Å². The van der Waals surface area contributed by atoms with Gasteiger partial charge in [-0.25, -0.2) is 9.59 Å². The van der Waals surface area contributed by atoms with Crippen molar-refractivity contribution in [1.82, 2.24) is 10.2 Å². The molecule has 1 amide bonds. The molecule has 2 unspecified atom stereocenters. The molecule has 1 aromatic rings. The maximum atomic E-state index is 11.5. The van der Waals surface area contributed by atoms with E-state index >= 15 is 0 Å². The fourth-order valence-electron chi connectivity index (χ4n) is 5.94. The number of rotatable bonds is 8. The lowest BCUT2D eigenvalue weighted by Gasteiger charge is -2.39. The molecule has 2 bridgehead atoms. The minimum atomic E-state index is -5.08. The van der Waals surface area contributed by atoms with Crippen LogP contribution in [0.25, 0.3) is 0 Å². The van der Waals surface area contributed by atoms with Gasteiger partial charge in [0, 0.05) is 17.6 Å². The molecule has 0 spiro atoms. The van der Waals surface area contributed by atoms with Gasteiger partial charge < -0.3 is 21.3 Å². The van der Waals surface area contributed by atoms with Crippen molar-refractivity contribution in [3.63, 3.8) is 0 Å². The summed E-state index contributed by atoms with van der Waals surface area (Å²) in [5.41, 5.74) is 7.43. The number of benzene rings is 1. The van der Waals surface area contributed by atoms with Crippen LogP contribution >= 0.6 is 0 Å². The van der Waals surface area contributed by atoms with Gasteiger partial charge in [-0.1, -0.05) is 31.4 Å². The fraction of sp³-hybridized carbons (Fsp3) is 0.679. The standard InChI is InChI=1S/C24H37N3O.2C2HF3O2/c25-24(28)20-9-4-8-19(14-20)21-15-22-10-11-23(16-21)27(22)13-5-12-26-17-18-6-2-1-3-7-18;2*3-2(4,5)1(6)7/h4,8-9,14,18,21-23,26H,1-3,5-7,10-13,15-17H2,(H2,25,28);2*(H,6,7). The number of amides is 1. The van der Waals surface area contributed by atoms with Crippen LogP contribution in [-0.4, -0.2) is 77.0 Å². The molecule has 2 heterocycles. The number of piperidine rings is 1. The number of nitrogens with zero attached hydrogens (tertiary/aromatic N) is 1. The number of nitrogens with one attached hydrogen (secondary N) is 1. The van der Waals surface area contributed by atoms with Gasteiger partial charge in [-0.15, -0.1) is 0 Å². The van der Waals surface area contributed by atoms with Crippen molar-refractivity contribution in [2.24, 2.45) is 11.7 Å². The quantitative estimate of drug-likeness (QED) is 0.231. The molecule has 0 aromatic heterocycles. The molecule has 2 saturated heterocycles. The molecule has 42 heavy (non-hydrogen) atoms. The molecule has 4 rings (SSSR count). The van der Waals surface area contributed by atoms with Crippen LogP contribution in [0.5, 0.6) is 0 Å². The molecule has 2 aliphatic heterocycles. The molecule has 0 radical (unpaired) electrons. The van der Waals surface area contributed by atoms with Crippen LogP contribution in [0.2, 0.25) is 0 Å². The zero-order chi connectivity index (χ0) is 31.5. The Labute approximate surface area is 240 Å². The predicted octanol–water partition coefficient (Wildman–Crippen LogP) is 5.32. The fourth-order valence-corrected chi connectivity index (χ4v) is 5.94. The molecule has 8 nitrogen and oxygen atoms in total. The molecule has 238 valence electrons. The molecule has 5 N–H and O–H groups in total. The van der Waals surface area contributed by atoms with Crippen LogP contribution in [0.15, 0.2) is 24.3 Å². The summed E-state index contributed by atoms with van der Waals surface area (Å²) in [5.74, 6) is -4.32. The number of halogens is 6. The van der Waals surface area contributed by atoms with E-state index in [0.29, 0.717) is 11.5 Å². The number of hydrogen-bond acceptors (Lipinski definition) is 5. The van der Waals surface area contributed by atoms with E-state index in [1.54, 1.807) is 0 Å². The second kappa shape index (κ2) is 16.1. The monoisotopic (exact) mass is 611 g/mol. The Bertz CT molecular complexity index is 992. The summed E-state index contributed by atoms with van der Waals surface area (Å²) in [5, 5.41) is 18.0. The number of nitrogens with two attached hydrogens (primary N) is 1. The average Bonchev–Trinajstić information content (AvgIpc) is 3.15. The Balaban J connectivity index is 0.000000367. The Morgan fingerprint density at radius 1 is 0.881 bits per heavy atom. The van der Waals surface area contributed by atoms with Crippen molar-refractivity contribution in [2.75, 3.05) is 19.6 Å². The number of primary amides is 1. The summed E-state index contributed by atoms with van der Waals surface area (Å²) in [6.45, 7) is 3.63. The maximum Gasteiger partial charge on any atom is 0.490 e. The van der Waals surface area contributed by atoms with Crippen LogP contribution in [-0.2, 0) is 9.59 Å². The minimum Gasteiger partial charge on any atom is -0.475 e. The first-order chi connectivity index (χ1) is 19.6. The summed E-state index contributed by atoms with van der Waals surface area (Å²) < 4.78 is 63.5. The third-order valence-corrected chi connectivity index (χ3v) is 7.94. The summed E-state index contributed by atoms with van der Waals surface area (Å²) in [6.07, 6.45) is 3.42. The Kier molecular flexibility index (Phi) is 13.5. The topological polar surface area (TPSA) is 133 Å². The largest absolute Gasteiger partial charge is 0.490 e. The van der Waals surface area contributed by atoms with Gasteiger partial charge in [0.2, 0.25) is 5.91 Å². The summed E-state index contributed by atoms with van der Waals surface area (Å²) in [6, 6.07) is 9.47. The van der Waals surface area contributed by atoms with Crippen molar-refractivity contribution in [3.05, 3.63) is 35.4 Å². The molecule has 3 fully saturated rings. The number of carboxylic acid groups (broad SMARTS) is 2. The average molecular weight is 612 g/mol. The summed E-state index contributed by atoms with van der Waals surface area (Å²) in [7, 11) is 0. The predicted molar refractivity (Wildman–Crippen MR) is 142 cm³/mol. The van der Waals surface area contributed by atoms with Gasteiger partial charge in [-0.3, -0.25) is 9.69 Å². The third kappa shape index (κ3) is 11.8. The summed E-state index contributed by atoms with van der Waals surface area (Å²) in [4.78, 5) is 32.1. The number of carboxylic acids is 2. The molecule has 14 heteroatoms. The number of hydrogen-bond donors (Lipinski definition) is 4. The minimum absolute atomic E-state index is 0.317. The lowest BCUT2D eigenvalue weighted by molar-refractivity contribution is -0.193. The van der Waals surface area contributed by atoms with Crippen LogP contribution < -0.4 is 11.1 Å². The highest BCUT2D eigenvalue weighted by Crippen LogP contribution is 2.43. The maximum absolute atomic E-state index is 11.5. The van der Waals surface area contributed by atoms with E-state index in [9.17, 15) is 31.1 Å². The van der Waals surface area contributed by atoms with E-state index in [0.717, 1.165) is 24.5 Å². The molecular formula is C28H39F6N3O5. The van der Waals surface area contributed by atoms with Crippen LogP contribution in [0, 0.1) is 5.92 Å². The van der Waals surface area contributed by atoms with Crippen molar-refractivity contribution >= 4 is 17.8 Å². The molecule has 2 atom stereocenters. The Hall–Kier alpha value is -2.87. The van der Waals surface area contributed by atoms with Gasteiger partial charge in [0.25, 0.3) is 0 Å². The van der Waals surface area contributed by atoms with Crippen molar-refractivity contribution in [2.45, 2.75) is 94.6 Å². The van der Waals surface area contributed by atoms with Crippen molar-refractivity contribution in [1.29, 1.82) is 0 Å². The highest BCUT2D eigenvalue weighted by molar-refractivity contribution is 5.92. The zero-order valence-electron chi connectivity index (χ0n) is 23.2. The Morgan fingerprint density at radius 2 is 1.40 bits per heavy atom. The second-order valence-electron chi connectivity index (χ2n) is 10.9. The second-order valence-corrected chi connectivity index (χ2v) is 10.9. The molecular weight excluding hydrogens is 572 g/mol. The summed E-state index contributed by atoms with van der Waals surface area (Å²) >= 11 is 0. The first kappa shape index (κ1) is 35.3. The van der Waals surface area contributed by atoms with E-state index in [2.05, 4.69) is 16.3 Å². The molecule has 1 saturated carbocycles. The van der Waals surface area contributed by atoms with Crippen LogP contribution in [0.3, 0.4) is 0 Å². The lowest BCUT2D eigenvalue weighted by Crippen LogP contribution is -2.43. The lowest BCUT2D eigenvalue weighted by atomic mass is 9.84. The number of aliphatic carboxylic acids is 2. The third-order valence-electron chi connectivity index (χ3n) is 7.94. The highest BCUT2D eigenvalue weighted by atomic mass is 19.4. The van der Waals surface area contributed by atoms with E-state index in [4.69, 9.17) is 25.5 Å². The van der Waals surface area contributed by atoms with E-state index in [-0.39, 0.29) is 5.91 Å². The SMILES string of the molecule is NC(=O)c1cccc(C2CC3CCC(C2)N3CCCNCC2CCCCC2)c1.O=C(O)C(F)(F)F.O=C(O)C(F)(F)F. The van der Waals surface area contributed by atoms with Crippen molar-refractivity contribution < 1.29 is 50.9 Å². The first-order valence-electron chi connectivity index (χ1n) is 14.1. The van der Waals surface area contributed by atoms with E-state index < -0.39 is 24.3 Å². The normalized spacial score (nSPS) is 22.8. The first-order valence-corrected chi connectivity index (χ1v) is 14.1. The highest BCUT2D eigenvalue weighted by Gasteiger charge is 2.41. The Morgan fingerprint density at radius 3 is 1.88 bits per heavy atom. The van der Waals surface area contributed by atoms with E-state index in [1.807, 2.05) is 18.2 Å². The number of fused-ring (bicyclic) bond motifs is 2. The van der Waals surface area contributed by atoms with Crippen LogP contribution in [0.1, 0.15) is 86.0 Å². The van der Waals surface area contributed by atoms with Crippen molar-refractivity contribution in [3.8, 4) is 0 Å². The number of carbonyl (C=O) groups excluding carboxylic acids is 1.